The van der Waals surface area contributed by atoms with Gasteiger partial charge in [-0.25, -0.2) is 8.78 Å². The van der Waals surface area contributed by atoms with Crippen LogP contribution >= 0.6 is 0 Å². The molecule has 0 aliphatic rings. The minimum absolute atomic E-state index is 0.281. The van der Waals surface area contributed by atoms with Crippen LogP contribution in [0.3, 0.4) is 0 Å². The highest BCUT2D eigenvalue weighted by molar-refractivity contribution is 5.86. The van der Waals surface area contributed by atoms with Crippen molar-refractivity contribution in [2.75, 3.05) is 0 Å². The molecule has 80 valence electrons. The first-order valence-corrected chi connectivity index (χ1v) is 4.95. The number of fused-ring (bicyclic) bond motifs is 1. The molecule has 0 aromatic heterocycles. The molecule has 0 radical (unpaired) electrons. The van der Waals surface area contributed by atoms with E-state index < -0.39 is 5.82 Å². The van der Waals surface area contributed by atoms with Crippen molar-refractivity contribution >= 4 is 10.8 Å². The fourth-order valence-corrected chi connectivity index (χ4v) is 1.67. The van der Waals surface area contributed by atoms with Crippen LogP contribution in [0, 0.1) is 30.4 Å². The molecule has 2 aromatic rings. The molecule has 0 heterocycles. The van der Waals surface area contributed by atoms with Crippen LogP contribution in [-0.4, -0.2) is 0 Å². The van der Waals surface area contributed by atoms with E-state index in [9.17, 15) is 8.78 Å². The second kappa shape index (κ2) is 3.94. The average Bonchev–Trinajstić information content (AvgIpc) is 2.28. The highest BCUT2D eigenvalue weighted by Gasteiger charge is 2.10. The Morgan fingerprint density at radius 1 is 0.938 bits per heavy atom. The third-order valence-electron chi connectivity index (χ3n) is 2.52. The summed E-state index contributed by atoms with van der Waals surface area (Å²) in [6, 6.07) is 6.24. The van der Waals surface area contributed by atoms with Crippen molar-refractivity contribution in [1.29, 1.82) is 0 Å². The van der Waals surface area contributed by atoms with Crippen LogP contribution in [0.15, 0.2) is 24.3 Å². The average molecular weight is 216 g/mol. The minimum Gasteiger partial charge on any atom is -0.206 e. The largest absolute Gasteiger partial charge is 0.206 e. The van der Waals surface area contributed by atoms with Gasteiger partial charge in [-0.2, -0.15) is 0 Å². The molecule has 0 amide bonds. The normalized spacial score (nSPS) is 10.0. The van der Waals surface area contributed by atoms with Gasteiger partial charge in [-0.05, 0) is 31.5 Å². The molecule has 0 fully saturated rings. The van der Waals surface area contributed by atoms with E-state index in [1.807, 2.05) is 0 Å². The van der Waals surface area contributed by atoms with Gasteiger partial charge in [0.1, 0.15) is 11.6 Å². The molecule has 2 heteroatoms. The first-order valence-electron chi connectivity index (χ1n) is 4.95. The van der Waals surface area contributed by atoms with Crippen LogP contribution in [0.25, 0.3) is 10.8 Å². The zero-order chi connectivity index (χ0) is 11.7. The molecule has 16 heavy (non-hydrogen) atoms. The lowest BCUT2D eigenvalue weighted by Gasteiger charge is -2.05. The van der Waals surface area contributed by atoms with Crippen molar-refractivity contribution in [2.45, 2.75) is 13.8 Å². The van der Waals surface area contributed by atoms with E-state index in [4.69, 9.17) is 0 Å². The van der Waals surface area contributed by atoms with E-state index in [-0.39, 0.29) is 11.2 Å². The van der Waals surface area contributed by atoms with E-state index in [1.165, 1.54) is 6.07 Å². The number of rotatable bonds is 0. The van der Waals surface area contributed by atoms with Gasteiger partial charge in [0.2, 0.25) is 0 Å². The van der Waals surface area contributed by atoms with E-state index >= 15 is 0 Å². The molecule has 0 bridgehead atoms. The summed E-state index contributed by atoms with van der Waals surface area (Å²) in [5, 5.41) is 0.586. The van der Waals surface area contributed by atoms with Gasteiger partial charge in [-0.3, -0.25) is 0 Å². The summed E-state index contributed by atoms with van der Waals surface area (Å²) in [6.45, 7) is 3.30. The molecule has 0 unspecified atom stereocenters. The second-order valence-corrected chi connectivity index (χ2v) is 3.59. The lowest BCUT2D eigenvalue weighted by atomic mass is 10.0. The van der Waals surface area contributed by atoms with E-state index in [1.54, 1.807) is 32.0 Å². The maximum absolute atomic E-state index is 13.9. The first kappa shape index (κ1) is 10.6. The maximum Gasteiger partial charge on any atom is 0.146 e. The van der Waals surface area contributed by atoms with Crippen molar-refractivity contribution in [2.24, 2.45) is 0 Å². The Bertz CT molecular complexity index is 616. The zero-order valence-corrected chi connectivity index (χ0v) is 9.07. The third kappa shape index (κ3) is 1.55. The molecule has 2 aromatic carbocycles. The number of halogens is 2. The molecule has 0 N–H and O–H groups in total. The molecule has 0 spiro atoms. The molecular formula is C14H10F2. The topological polar surface area (TPSA) is 0 Å². The Balaban J connectivity index is 2.85. The quantitative estimate of drug-likeness (QED) is 0.587. The Hall–Kier alpha value is -1.88. The second-order valence-electron chi connectivity index (χ2n) is 3.59. The summed E-state index contributed by atoms with van der Waals surface area (Å²) < 4.78 is 27.6. The highest BCUT2D eigenvalue weighted by Crippen LogP contribution is 2.25. The van der Waals surface area contributed by atoms with Crippen molar-refractivity contribution in [3.05, 3.63) is 47.0 Å². The van der Waals surface area contributed by atoms with Gasteiger partial charge in [0.05, 0.1) is 5.56 Å². The molecule has 0 saturated heterocycles. The predicted octanol–water partition coefficient (Wildman–Crippen LogP) is 3.80. The Labute approximate surface area is 92.9 Å². The molecule has 2 rings (SSSR count). The standard InChI is InChI=1S/C14H10F2/c1-3-4-10-6-8-11-12(14(10)16)7-5-9(2)13(11)15/h5-8H,1-2H3. The number of benzene rings is 2. The Morgan fingerprint density at radius 2 is 1.56 bits per heavy atom. The molecule has 0 saturated carbocycles. The van der Waals surface area contributed by atoms with E-state index in [2.05, 4.69) is 11.8 Å². The molecule has 0 aliphatic heterocycles. The van der Waals surface area contributed by atoms with Crippen molar-refractivity contribution in [3.8, 4) is 11.8 Å². The Kier molecular flexibility index (Phi) is 2.62. The van der Waals surface area contributed by atoms with E-state index in [0.717, 1.165) is 0 Å². The van der Waals surface area contributed by atoms with Crippen molar-refractivity contribution in [1.82, 2.24) is 0 Å². The van der Waals surface area contributed by atoms with Gasteiger partial charge in [0.15, 0.2) is 0 Å². The summed E-state index contributed by atoms with van der Waals surface area (Å²) >= 11 is 0. The predicted molar refractivity (Wildman–Crippen MR) is 61.2 cm³/mol. The van der Waals surface area contributed by atoms with Gasteiger partial charge in [0.25, 0.3) is 0 Å². The monoisotopic (exact) mass is 216 g/mol. The number of hydrogen-bond acceptors (Lipinski definition) is 0. The van der Waals surface area contributed by atoms with Crippen LogP contribution < -0.4 is 0 Å². The van der Waals surface area contributed by atoms with Gasteiger partial charge < -0.3 is 0 Å². The smallest absolute Gasteiger partial charge is 0.146 e. The fourth-order valence-electron chi connectivity index (χ4n) is 1.67. The van der Waals surface area contributed by atoms with Crippen LogP contribution in [0.4, 0.5) is 8.78 Å². The maximum atomic E-state index is 13.9. The highest BCUT2D eigenvalue weighted by atomic mass is 19.1. The zero-order valence-electron chi connectivity index (χ0n) is 9.07. The summed E-state index contributed by atoms with van der Waals surface area (Å²) in [5.74, 6) is 4.47. The lowest BCUT2D eigenvalue weighted by molar-refractivity contribution is 0.622. The van der Waals surface area contributed by atoms with Crippen molar-refractivity contribution in [3.63, 3.8) is 0 Å². The minimum atomic E-state index is -0.453. The van der Waals surface area contributed by atoms with Gasteiger partial charge in [0, 0.05) is 10.8 Å². The lowest BCUT2D eigenvalue weighted by Crippen LogP contribution is -1.91. The van der Waals surface area contributed by atoms with Crippen LogP contribution in [-0.2, 0) is 0 Å². The third-order valence-corrected chi connectivity index (χ3v) is 2.52. The first-order chi connectivity index (χ1) is 7.65. The van der Waals surface area contributed by atoms with E-state index in [0.29, 0.717) is 16.5 Å². The van der Waals surface area contributed by atoms with Crippen LogP contribution in [0.1, 0.15) is 18.1 Å². The molecule has 0 nitrogen and oxygen atoms in total. The SMILES string of the molecule is CC#Cc1ccc2c(F)c(C)ccc2c1F. The molecular weight excluding hydrogens is 206 g/mol. The summed E-state index contributed by atoms with van der Waals surface area (Å²) in [7, 11) is 0. The number of hydrogen-bond donors (Lipinski definition) is 0. The Morgan fingerprint density at radius 3 is 2.25 bits per heavy atom. The van der Waals surface area contributed by atoms with Crippen LogP contribution in [0.2, 0.25) is 0 Å². The summed E-state index contributed by atoms with van der Waals surface area (Å²) in [6.07, 6.45) is 0. The fraction of sp³-hybridized carbons (Fsp3) is 0.143. The summed E-state index contributed by atoms with van der Waals surface area (Å²) in [4.78, 5) is 0. The van der Waals surface area contributed by atoms with Crippen LogP contribution in [0.5, 0.6) is 0 Å². The molecule has 0 atom stereocenters. The van der Waals surface area contributed by atoms with Gasteiger partial charge in [-0.1, -0.05) is 18.1 Å². The van der Waals surface area contributed by atoms with Crippen molar-refractivity contribution < 1.29 is 8.78 Å². The molecule has 0 aliphatic carbocycles. The summed E-state index contributed by atoms with van der Waals surface area (Å²) in [5.41, 5.74) is 0.819. The number of aryl methyl sites for hydroxylation is 1. The van der Waals surface area contributed by atoms with Gasteiger partial charge >= 0.3 is 0 Å². The van der Waals surface area contributed by atoms with Gasteiger partial charge in [-0.15, -0.1) is 5.92 Å².